The second-order valence-corrected chi connectivity index (χ2v) is 9.60. The first kappa shape index (κ1) is 21.5. The molecule has 0 spiro atoms. The van der Waals surface area contributed by atoms with Gasteiger partial charge in [0, 0.05) is 29.3 Å². The first-order valence-electron chi connectivity index (χ1n) is 11.3. The van der Waals surface area contributed by atoms with Gasteiger partial charge in [0.15, 0.2) is 5.78 Å². The van der Waals surface area contributed by atoms with E-state index in [1.54, 1.807) is 0 Å². The fourth-order valence-electron chi connectivity index (χ4n) is 5.02. The number of carbonyl (C=O) groups is 2. The first-order valence-corrected chi connectivity index (χ1v) is 11.3. The number of nitrogens with zero attached hydrogens (tertiary/aromatic N) is 1. The lowest BCUT2D eigenvalue weighted by Crippen LogP contribution is -2.39. The van der Waals surface area contributed by atoms with Crippen LogP contribution in [0.15, 0.2) is 58.7 Å². The van der Waals surface area contributed by atoms with Gasteiger partial charge in [-0.05, 0) is 41.5 Å². The molecule has 0 saturated heterocycles. The molecule has 31 heavy (non-hydrogen) atoms. The van der Waals surface area contributed by atoms with E-state index in [9.17, 15) is 9.59 Å². The molecule has 162 valence electrons. The van der Waals surface area contributed by atoms with Gasteiger partial charge in [0.05, 0.1) is 6.61 Å². The average molecular weight is 418 g/mol. The number of hydrogen-bond donors (Lipinski definition) is 0. The van der Waals surface area contributed by atoms with Crippen molar-refractivity contribution >= 4 is 28.2 Å². The van der Waals surface area contributed by atoms with Gasteiger partial charge in [0.2, 0.25) is 0 Å². The molecule has 4 nitrogen and oxygen atoms in total. The summed E-state index contributed by atoms with van der Waals surface area (Å²) in [7, 11) is 0. The maximum absolute atomic E-state index is 13.4. The van der Waals surface area contributed by atoms with Crippen molar-refractivity contribution in [2.75, 3.05) is 6.61 Å². The highest BCUT2D eigenvalue weighted by Crippen LogP contribution is 2.49. The van der Waals surface area contributed by atoms with Gasteiger partial charge in [-0.1, -0.05) is 69.7 Å². The monoisotopic (exact) mass is 417 g/mol. The van der Waals surface area contributed by atoms with Crippen molar-refractivity contribution in [3.8, 4) is 0 Å². The standard InChI is InChI=1S/C27H31NO3/c1-5-6-14-31-26(30)23-17(2)28-21-15-27(3,4)16-22(29)25(21)24(23)20-13-9-11-18-10-7-8-12-19(18)20/h7-13,23-24H,5-6,14-16H2,1-4H3/t23?,24-/m1/s1. The zero-order valence-corrected chi connectivity index (χ0v) is 18.9. The molecule has 2 aromatic carbocycles. The number of carbonyl (C=O) groups excluding carboxylic acids is 2. The van der Waals surface area contributed by atoms with E-state index in [2.05, 4.69) is 45.0 Å². The van der Waals surface area contributed by atoms with E-state index in [0.29, 0.717) is 18.6 Å². The van der Waals surface area contributed by atoms with Crippen LogP contribution in [0.1, 0.15) is 64.9 Å². The van der Waals surface area contributed by atoms with Gasteiger partial charge in [-0.15, -0.1) is 0 Å². The Balaban J connectivity index is 1.88. The maximum atomic E-state index is 13.4. The fourth-order valence-corrected chi connectivity index (χ4v) is 5.02. The van der Waals surface area contributed by atoms with Crippen LogP contribution in [-0.4, -0.2) is 24.1 Å². The summed E-state index contributed by atoms with van der Waals surface area (Å²) in [6.45, 7) is 8.59. The summed E-state index contributed by atoms with van der Waals surface area (Å²) in [4.78, 5) is 31.5. The number of hydrogen-bond acceptors (Lipinski definition) is 4. The van der Waals surface area contributed by atoms with E-state index in [1.807, 2.05) is 25.1 Å². The highest BCUT2D eigenvalue weighted by Gasteiger charge is 2.46. The van der Waals surface area contributed by atoms with Gasteiger partial charge < -0.3 is 4.74 Å². The molecule has 4 rings (SSSR count). The Morgan fingerprint density at radius 1 is 1.13 bits per heavy atom. The lowest BCUT2D eigenvalue weighted by Gasteiger charge is -2.39. The van der Waals surface area contributed by atoms with Crippen molar-refractivity contribution in [2.24, 2.45) is 16.3 Å². The molecule has 4 heteroatoms. The molecular formula is C27H31NO3. The number of benzene rings is 2. The number of allylic oxidation sites excluding steroid dienone is 2. The molecule has 0 amide bonds. The number of ether oxygens (including phenoxy) is 1. The van der Waals surface area contributed by atoms with Gasteiger partial charge in [-0.25, -0.2) is 0 Å². The van der Waals surface area contributed by atoms with E-state index >= 15 is 0 Å². The van der Waals surface area contributed by atoms with Crippen molar-refractivity contribution in [3.05, 3.63) is 59.3 Å². The predicted molar refractivity (Wildman–Crippen MR) is 124 cm³/mol. The Bertz CT molecular complexity index is 1090. The van der Waals surface area contributed by atoms with Gasteiger partial charge >= 0.3 is 5.97 Å². The lowest BCUT2D eigenvalue weighted by atomic mass is 9.66. The number of unbranched alkanes of at least 4 members (excludes halogenated alkanes) is 1. The van der Waals surface area contributed by atoms with Crippen molar-refractivity contribution < 1.29 is 14.3 Å². The largest absolute Gasteiger partial charge is 0.465 e. The number of esters is 1. The quantitative estimate of drug-likeness (QED) is 0.443. The average Bonchev–Trinajstić information content (AvgIpc) is 2.71. The number of fused-ring (bicyclic) bond motifs is 1. The van der Waals surface area contributed by atoms with Crippen LogP contribution in [0.25, 0.3) is 10.8 Å². The summed E-state index contributed by atoms with van der Waals surface area (Å²) in [6, 6.07) is 14.3. The van der Waals surface area contributed by atoms with Crippen LogP contribution in [0.4, 0.5) is 0 Å². The molecule has 1 aliphatic carbocycles. The van der Waals surface area contributed by atoms with Crippen LogP contribution in [0.3, 0.4) is 0 Å². The van der Waals surface area contributed by atoms with Gasteiger partial charge in [-0.3, -0.25) is 14.6 Å². The minimum Gasteiger partial charge on any atom is -0.465 e. The molecular weight excluding hydrogens is 386 g/mol. The molecule has 0 saturated carbocycles. The normalized spacial score (nSPS) is 22.8. The third-order valence-electron chi connectivity index (χ3n) is 6.46. The van der Waals surface area contributed by atoms with E-state index in [4.69, 9.17) is 9.73 Å². The summed E-state index contributed by atoms with van der Waals surface area (Å²) in [5, 5.41) is 2.17. The Hall–Kier alpha value is -2.75. The van der Waals surface area contributed by atoms with Crippen LogP contribution in [-0.2, 0) is 14.3 Å². The van der Waals surface area contributed by atoms with Gasteiger partial charge in [-0.2, -0.15) is 0 Å². The minimum absolute atomic E-state index is 0.104. The summed E-state index contributed by atoms with van der Waals surface area (Å²) < 4.78 is 5.66. The highest BCUT2D eigenvalue weighted by molar-refractivity contribution is 6.10. The van der Waals surface area contributed by atoms with E-state index in [0.717, 1.165) is 47.0 Å². The van der Waals surface area contributed by atoms with Crippen molar-refractivity contribution in [2.45, 2.75) is 59.3 Å². The number of aliphatic imine (C=N–C) groups is 1. The van der Waals surface area contributed by atoms with E-state index < -0.39 is 5.92 Å². The number of ketones is 1. The molecule has 2 aromatic rings. The van der Waals surface area contributed by atoms with Crippen LogP contribution in [0.5, 0.6) is 0 Å². The molecule has 0 aromatic heterocycles. The fraction of sp³-hybridized carbons (Fsp3) is 0.444. The molecule has 0 fully saturated rings. The summed E-state index contributed by atoms with van der Waals surface area (Å²) in [5.41, 5.74) is 3.17. The molecule has 1 aliphatic heterocycles. The Morgan fingerprint density at radius 2 is 1.87 bits per heavy atom. The van der Waals surface area contributed by atoms with Crippen LogP contribution in [0, 0.1) is 11.3 Å². The van der Waals surface area contributed by atoms with Gasteiger partial charge in [0.1, 0.15) is 5.92 Å². The maximum Gasteiger partial charge on any atom is 0.315 e. The number of Topliss-reactive ketones (excluding diaryl/α,β-unsaturated/α-hetero) is 1. The third-order valence-corrected chi connectivity index (χ3v) is 6.46. The second-order valence-electron chi connectivity index (χ2n) is 9.60. The zero-order chi connectivity index (χ0) is 22.2. The Labute approximate surface area is 184 Å². The van der Waals surface area contributed by atoms with Gasteiger partial charge in [0.25, 0.3) is 0 Å². The summed E-state index contributed by atoms with van der Waals surface area (Å²) in [5.74, 6) is -1.12. The molecule has 0 bridgehead atoms. The van der Waals surface area contributed by atoms with E-state index in [1.165, 1.54) is 0 Å². The molecule has 1 heterocycles. The summed E-state index contributed by atoms with van der Waals surface area (Å²) in [6.07, 6.45) is 3.00. The smallest absolute Gasteiger partial charge is 0.315 e. The third kappa shape index (κ3) is 4.08. The first-order chi connectivity index (χ1) is 14.8. The summed E-state index contributed by atoms with van der Waals surface area (Å²) >= 11 is 0. The van der Waals surface area contributed by atoms with Crippen molar-refractivity contribution in [3.63, 3.8) is 0 Å². The SMILES string of the molecule is CCCCOC(=O)C1C(C)=NC2=C(C(=O)CC(C)(C)C2)[C@@H]1c1cccc2ccccc12. The minimum atomic E-state index is -0.577. The second kappa shape index (κ2) is 8.41. The molecule has 1 unspecified atom stereocenters. The van der Waals surface area contributed by atoms with Crippen molar-refractivity contribution in [1.82, 2.24) is 0 Å². The Morgan fingerprint density at radius 3 is 2.65 bits per heavy atom. The van der Waals surface area contributed by atoms with Crippen LogP contribution >= 0.6 is 0 Å². The molecule has 2 atom stereocenters. The molecule has 0 radical (unpaired) electrons. The Kier molecular flexibility index (Phi) is 5.83. The van der Waals surface area contributed by atoms with Crippen molar-refractivity contribution in [1.29, 1.82) is 0 Å². The molecule has 0 N–H and O–H groups in total. The zero-order valence-electron chi connectivity index (χ0n) is 18.9. The number of rotatable bonds is 5. The predicted octanol–water partition coefficient (Wildman–Crippen LogP) is 6.00. The van der Waals surface area contributed by atoms with E-state index in [-0.39, 0.29) is 23.1 Å². The van der Waals surface area contributed by atoms with Crippen LogP contribution in [0.2, 0.25) is 0 Å². The highest BCUT2D eigenvalue weighted by atomic mass is 16.5. The topological polar surface area (TPSA) is 55.7 Å². The van der Waals surface area contributed by atoms with Crippen LogP contribution < -0.4 is 0 Å². The molecule has 2 aliphatic rings. The lowest BCUT2D eigenvalue weighted by molar-refractivity contribution is -0.146.